The highest BCUT2D eigenvalue weighted by atomic mass is 32.1. The lowest BCUT2D eigenvalue weighted by atomic mass is 9.90. The van der Waals surface area contributed by atoms with E-state index in [-0.39, 0.29) is 24.3 Å². The molecule has 2 aliphatic rings. The van der Waals surface area contributed by atoms with Gasteiger partial charge in [-0.1, -0.05) is 24.3 Å². The number of fused-ring (bicyclic) bond motifs is 1. The largest absolute Gasteiger partial charge is 0.335 e. The molecule has 1 N–H and O–H groups in total. The number of hydrogen-bond acceptors (Lipinski definition) is 4. The highest BCUT2D eigenvalue weighted by molar-refractivity contribution is 7.13. The molecule has 4 rings (SSSR count). The second-order valence-electron chi connectivity index (χ2n) is 6.78. The fourth-order valence-corrected chi connectivity index (χ4v) is 4.31. The van der Waals surface area contributed by atoms with Crippen molar-refractivity contribution in [2.45, 2.75) is 44.6 Å². The Morgan fingerprint density at radius 2 is 2.12 bits per heavy atom. The summed E-state index contributed by atoms with van der Waals surface area (Å²) in [6.07, 6.45) is 3.49. The van der Waals surface area contributed by atoms with Crippen LogP contribution in [0.2, 0.25) is 0 Å². The molecule has 2 amide bonds. The maximum Gasteiger partial charge on any atom is 0.228 e. The molecule has 2 heterocycles. The predicted octanol–water partition coefficient (Wildman–Crippen LogP) is 3.50. The van der Waals surface area contributed by atoms with E-state index in [1.165, 1.54) is 29.7 Å². The number of carbonyl (C=O) groups excluding carboxylic acids is 2. The number of nitrogens with zero attached hydrogens (tertiary/aromatic N) is 2. The SMILES string of the molecule is CC(=O)N1CCc2ccccc2C1CC(=O)Nc1nc(C2CC2)cs1. The summed E-state index contributed by atoms with van der Waals surface area (Å²) in [5.41, 5.74) is 3.40. The van der Waals surface area contributed by atoms with E-state index in [1.54, 1.807) is 11.8 Å². The van der Waals surface area contributed by atoms with Crippen molar-refractivity contribution in [2.75, 3.05) is 11.9 Å². The molecule has 2 aromatic rings. The fraction of sp³-hybridized carbons (Fsp3) is 0.421. The van der Waals surface area contributed by atoms with Crippen molar-refractivity contribution in [1.29, 1.82) is 0 Å². The first-order valence-corrected chi connectivity index (χ1v) is 9.60. The van der Waals surface area contributed by atoms with Crippen LogP contribution >= 0.6 is 11.3 Å². The Hall–Kier alpha value is -2.21. The molecular formula is C19H21N3O2S. The molecule has 1 atom stereocenters. The van der Waals surface area contributed by atoms with Crippen LogP contribution in [0.3, 0.4) is 0 Å². The molecule has 130 valence electrons. The second-order valence-corrected chi connectivity index (χ2v) is 7.64. The minimum absolute atomic E-state index is 0.0116. The first kappa shape index (κ1) is 16.3. The van der Waals surface area contributed by atoms with Crippen molar-refractivity contribution in [3.8, 4) is 0 Å². The van der Waals surface area contributed by atoms with Crippen LogP contribution < -0.4 is 5.32 Å². The van der Waals surface area contributed by atoms with Gasteiger partial charge in [-0.3, -0.25) is 9.59 Å². The zero-order valence-electron chi connectivity index (χ0n) is 14.2. The zero-order chi connectivity index (χ0) is 17.4. The van der Waals surface area contributed by atoms with Crippen molar-refractivity contribution in [2.24, 2.45) is 0 Å². The Bertz CT molecular complexity index is 813. The van der Waals surface area contributed by atoms with Crippen LogP contribution in [0, 0.1) is 0 Å². The van der Waals surface area contributed by atoms with Gasteiger partial charge in [0.05, 0.1) is 18.2 Å². The fourth-order valence-electron chi connectivity index (χ4n) is 3.50. The Labute approximate surface area is 151 Å². The van der Waals surface area contributed by atoms with E-state index < -0.39 is 0 Å². The summed E-state index contributed by atoms with van der Waals surface area (Å²) in [6.45, 7) is 2.23. The van der Waals surface area contributed by atoms with Crippen LogP contribution in [0.1, 0.15) is 55.0 Å². The van der Waals surface area contributed by atoms with Crippen molar-refractivity contribution < 1.29 is 9.59 Å². The summed E-state index contributed by atoms with van der Waals surface area (Å²) >= 11 is 1.48. The Balaban J connectivity index is 1.50. The number of aromatic nitrogens is 1. The number of anilines is 1. The smallest absolute Gasteiger partial charge is 0.228 e. The molecule has 1 aliphatic heterocycles. The standard InChI is InChI=1S/C19H21N3O2S/c1-12(23)22-9-8-13-4-2-3-5-15(13)17(22)10-18(24)21-19-20-16(11-25-19)14-6-7-14/h2-5,11,14,17H,6-10H2,1H3,(H,20,21,24). The zero-order valence-corrected chi connectivity index (χ0v) is 15.0. The third-order valence-electron chi connectivity index (χ3n) is 4.96. The van der Waals surface area contributed by atoms with Crippen LogP contribution in [0.25, 0.3) is 0 Å². The first-order valence-electron chi connectivity index (χ1n) is 8.72. The second kappa shape index (κ2) is 6.59. The van der Waals surface area contributed by atoms with Gasteiger partial charge in [0.2, 0.25) is 11.8 Å². The average Bonchev–Trinajstić information content (AvgIpc) is 3.35. The molecule has 0 radical (unpaired) electrons. The highest BCUT2D eigenvalue weighted by Crippen LogP contribution is 2.41. The third kappa shape index (κ3) is 3.44. The molecule has 0 bridgehead atoms. The Morgan fingerprint density at radius 1 is 1.32 bits per heavy atom. The van der Waals surface area contributed by atoms with Crippen molar-refractivity contribution in [3.63, 3.8) is 0 Å². The molecule has 0 spiro atoms. The predicted molar refractivity (Wildman–Crippen MR) is 97.6 cm³/mol. The normalized spacial score (nSPS) is 19.4. The van der Waals surface area contributed by atoms with Gasteiger partial charge in [-0.15, -0.1) is 11.3 Å². The van der Waals surface area contributed by atoms with E-state index in [0.29, 0.717) is 17.6 Å². The van der Waals surface area contributed by atoms with Crippen molar-refractivity contribution in [1.82, 2.24) is 9.88 Å². The van der Waals surface area contributed by atoms with Crippen LogP contribution in [0.4, 0.5) is 5.13 Å². The first-order chi connectivity index (χ1) is 12.1. The van der Waals surface area contributed by atoms with E-state index in [1.807, 2.05) is 23.6 Å². The highest BCUT2D eigenvalue weighted by Gasteiger charge is 2.31. The summed E-state index contributed by atoms with van der Waals surface area (Å²) in [5, 5.41) is 5.60. The van der Waals surface area contributed by atoms with Gasteiger partial charge < -0.3 is 10.2 Å². The minimum Gasteiger partial charge on any atom is -0.335 e. The molecule has 1 aromatic carbocycles. The molecule has 25 heavy (non-hydrogen) atoms. The van der Waals surface area contributed by atoms with Gasteiger partial charge in [0.25, 0.3) is 0 Å². The van der Waals surface area contributed by atoms with Gasteiger partial charge in [-0.05, 0) is 30.4 Å². The number of hydrogen-bond donors (Lipinski definition) is 1. The van der Waals surface area contributed by atoms with Crippen molar-refractivity contribution in [3.05, 3.63) is 46.5 Å². The van der Waals surface area contributed by atoms with E-state index >= 15 is 0 Å². The van der Waals surface area contributed by atoms with Crippen LogP contribution in [0.15, 0.2) is 29.6 Å². The molecule has 1 aliphatic carbocycles. The summed E-state index contributed by atoms with van der Waals surface area (Å²) in [4.78, 5) is 30.9. The van der Waals surface area contributed by atoms with Gasteiger partial charge in [-0.25, -0.2) is 4.98 Å². The molecule has 1 saturated carbocycles. The maximum atomic E-state index is 12.6. The van der Waals surface area contributed by atoms with Gasteiger partial charge in [-0.2, -0.15) is 0 Å². The molecule has 0 saturated heterocycles. The van der Waals surface area contributed by atoms with E-state index in [2.05, 4.69) is 16.4 Å². The number of nitrogens with one attached hydrogen (secondary N) is 1. The summed E-state index contributed by atoms with van der Waals surface area (Å²) in [6, 6.07) is 7.88. The lowest BCUT2D eigenvalue weighted by Crippen LogP contribution is -2.40. The lowest BCUT2D eigenvalue weighted by Gasteiger charge is -2.36. The lowest BCUT2D eigenvalue weighted by molar-refractivity contribution is -0.132. The summed E-state index contributed by atoms with van der Waals surface area (Å²) < 4.78 is 0. The maximum absolute atomic E-state index is 12.6. The van der Waals surface area contributed by atoms with Gasteiger partial charge in [0.15, 0.2) is 5.13 Å². The topological polar surface area (TPSA) is 62.3 Å². The number of thiazole rings is 1. The number of benzene rings is 1. The van der Waals surface area contributed by atoms with Gasteiger partial charge in [0.1, 0.15) is 0 Å². The summed E-state index contributed by atoms with van der Waals surface area (Å²) in [7, 11) is 0. The minimum atomic E-state index is -0.203. The Kier molecular flexibility index (Phi) is 4.29. The molecular weight excluding hydrogens is 334 g/mol. The van der Waals surface area contributed by atoms with E-state index in [4.69, 9.17) is 0 Å². The Morgan fingerprint density at radius 3 is 2.88 bits per heavy atom. The molecule has 5 nitrogen and oxygen atoms in total. The molecule has 1 fully saturated rings. The monoisotopic (exact) mass is 355 g/mol. The third-order valence-corrected chi connectivity index (χ3v) is 5.74. The van der Waals surface area contributed by atoms with Crippen LogP contribution in [-0.4, -0.2) is 28.2 Å². The van der Waals surface area contributed by atoms with Crippen molar-refractivity contribution >= 4 is 28.3 Å². The number of amides is 2. The molecule has 1 unspecified atom stereocenters. The summed E-state index contributed by atoms with van der Waals surface area (Å²) in [5.74, 6) is 0.502. The quantitative estimate of drug-likeness (QED) is 0.913. The van der Waals surface area contributed by atoms with Crippen LogP contribution in [-0.2, 0) is 16.0 Å². The van der Waals surface area contributed by atoms with E-state index in [0.717, 1.165) is 17.7 Å². The number of rotatable bonds is 4. The van der Waals surface area contributed by atoms with Crippen LogP contribution in [0.5, 0.6) is 0 Å². The molecule has 6 heteroatoms. The average molecular weight is 355 g/mol. The van der Waals surface area contributed by atoms with Gasteiger partial charge >= 0.3 is 0 Å². The van der Waals surface area contributed by atoms with E-state index in [9.17, 15) is 9.59 Å². The van der Waals surface area contributed by atoms with Gasteiger partial charge in [0, 0.05) is 24.8 Å². The molecule has 1 aromatic heterocycles. The number of carbonyl (C=O) groups is 2.